The highest BCUT2D eigenvalue weighted by molar-refractivity contribution is 8.00. The highest BCUT2D eigenvalue weighted by Crippen LogP contribution is 2.36. The maximum Gasteiger partial charge on any atom is 0.253 e. The molecule has 2 aromatic carbocycles. The molecule has 2 aromatic rings. The Morgan fingerprint density at radius 3 is 2.68 bits per heavy atom. The normalized spacial score (nSPS) is 13.1. The molecule has 0 aromatic heterocycles. The zero-order valence-electron chi connectivity index (χ0n) is 15.6. The quantitative estimate of drug-likeness (QED) is 0.812. The summed E-state index contributed by atoms with van der Waals surface area (Å²) in [6.45, 7) is 0.164. The molecule has 28 heavy (non-hydrogen) atoms. The maximum atomic E-state index is 12.4. The maximum absolute atomic E-state index is 12.4. The van der Waals surface area contributed by atoms with E-state index in [4.69, 9.17) is 11.6 Å². The van der Waals surface area contributed by atoms with Crippen LogP contribution in [0.5, 0.6) is 0 Å². The lowest BCUT2D eigenvalue weighted by Gasteiger charge is -2.29. The third-order valence-electron chi connectivity index (χ3n) is 4.29. The van der Waals surface area contributed by atoms with Gasteiger partial charge in [0.25, 0.3) is 5.91 Å². The topological polar surface area (TPSA) is 69.7 Å². The van der Waals surface area contributed by atoms with Crippen molar-refractivity contribution in [2.24, 2.45) is 0 Å². The summed E-state index contributed by atoms with van der Waals surface area (Å²) in [5.41, 5.74) is 1.86. The van der Waals surface area contributed by atoms with Crippen LogP contribution in [0.15, 0.2) is 47.4 Å². The van der Waals surface area contributed by atoms with E-state index in [9.17, 15) is 14.4 Å². The summed E-state index contributed by atoms with van der Waals surface area (Å²) in [5.74, 6) is -0.365. The van der Waals surface area contributed by atoms with E-state index in [0.29, 0.717) is 16.3 Å². The number of hydrogen-bond donors (Lipinski definition) is 1. The van der Waals surface area contributed by atoms with Crippen LogP contribution in [-0.4, -0.2) is 49.0 Å². The molecule has 6 nitrogen and oxygen atoms in total. The summed E-state index contributed by atoms with van der Waals surface area (Å²) in [5, 5.41) is 3.37. The van der Waals surface area contributed by atoms with Gasteiger partial charge in [-0.1, -0.05) is 29.8 Å². The molecular weight excluding hydrogens is 398 g/mol. The molecule has 1 aliphatic rings. The number of carbonyl (C=O) groups excluding carboxylic acids is 3. The summed E-state index contributed by atoms with van der Waals surface area (Å²) < 4.78 is 0. The van der Waals surface area contributed by atoms with Crippen LogP contribution in [0.2, 0.25) is 5.02 Å². The minimum absolute atomic E-state index is 0.115. The van der Waals surface area contributed by atoms with E-state index in [1.165, 1.54) is 21.6 Å². The molecule has 0 saturated carbocycles. The summed E-state index contributed by atoms with van der Waals surface area (Å²) in [7, 11) is 3.34. The van der Waals surface area contributed by atoms with Crippen molar-refractivity contribution < 1.29 is 14.4 Å². The van der Waals surface area contributed by atoms with Crippen LogP contribution in [0, 0.1) is 0 Å². The monoisotopic (exact) mass is 417 g/mol. The standard InChI is InChI=1S/C20H20ClN3O3S/c1-23(2)20(27)13-7-8-17-16(9-13)24(19(26)12-28-17)11-18(25)22-10-14-5-3-4-6-15(14)21/h3-9H,10-12H2,1-2H3,(H,22,25). The van der Waals surface area contributed by atoms with Crippen molar-refractivity contribution in [3.63, 3.8) is 0 Å². The number of carbonyl (C=O) groups is 3. The molecule has 3 rings (SSSR count). The molecule has 146 valence electrons. The van der Waals surface area contributed by atoms with Gasteiger partial charge in [0, 0.05) is 36.1 Å². The second-order valence-electron chi connectivity index (χ2n) is 6.52. The molecule has 0 bridgehead atoms. The van der Waals surface area contributed by atoms with E-state index in [1.807, 2.05) is 24.3 Å². The number of rotatable bonds is 5. The predicted octanol–water partition coefficient (Wildman–Crippen LogP) is 2.80. The number of thioether (sulfide) groups is 1. The zero-order valence-corrected chi connectivity index (χ0v) is 17.1. The average molecular weight is 418 g/mol. The van der Waals surface area contributed by atoms with Gasteiger partial charge in [0.1, 0.15) is 6.54 Å². The largest absolute Gasteiger partial charge is 0.350 e. The highest BCUT2D eigenvalue weighted by atomic mass is 35.5. The molecule has 0 unspecified atom stereocenters. The van der Waals surface area contributed by atoms with E-state index in [2.05, 4.69) is 5.32 Å². The number of hydrogen-bond acceptors (Lipinski definition) is 4. The van der Waals surface area contributed by atoms with Crippen LogP contribution in [-0.2, 0) is 16.1 Å². The Hall–Kier alpha value is -2.51. The number of nitrogens with zero attached hydrogens (tertiary/aromatic N) is 2. The Labute approximate surface area is 172 Å². The Kier molecular flexibility index (Phi) is 6.26. The molecule has 0 radical (unpaired) electrons. The molecule has 1 N–H and O–H groups in total. The third kappa shape index (κ3) is 4.48. The molecule has 8 heteroatoms. The second-order valence-corrected chi connectivity index (χ2v) is 7.94. The number of nitrogens with one attached hydrogen (secondary N) is 1. The first-order valence-electron chi connectivity index (χ1n) is 8.66. The molecule has 0 spiro atoms. The first-order valence-corrected chi connectivity index (χ1v) is 10.0. The van der Waals surface area contributed by atoms with Crippen molar-refractivity contribution in [1.29, 1.82) is 0 Å². The fraction of sp³-hybridized carbons (Fsp3) is 0.250. The Morgan fingerprint density at radius 2 is 1.96 bits per heavy atom. The van der Waals surface area contributed by atoms with Crippen molar-refractivity contribution in [2.75, 3.05) is 31.3 Å². The van der Waals surface area contributed by atoms with E-state index >= 15 is 0 Å². The molecule has 0 saturated heterocycles. The van der Waals surface area contributed by atoms with Gasteiger partial charge in [0.15, 0.2) is 0 Å². The molecule has 0 fully saturated rings. The predicted molar refractivity (Wildman–Crippen MR) is 111 cm³/mol. The summed E-state index contributed by atoms with van der Waals surface area (Å²) in [4.78, 5) is 40.9. The fourth-order valence-electron chi connectivity index (χ4n) is 2.80. The first-order chi connectivity index (χ1) is 13.4. The SMILES string of the molecule is CN(C)C(=O)c1ccc2c(c1)N(CC(=O)NCc1ccccc1Cl)C(=O)CS2. The minimum Gasteiger partial charge on any atom is -0.350 e. The van der Waals surface area contributed by atoms with E-state index in [1.54, 1.807) is 32.3 Å². The number of anilines is 1. The lowest BCUT2D eigenvalue weighted by Crippen LogP contribution is -2.43. The Balaban J connectivity index is 1.76. The van der Waals surface area contributed by atoms with Gasteiger partial charge in [-0.25, -0.2) is 0 Å². The van der Waals surface area contributed by atoms with E-state index in [-0.39, 0.29) is 36.6 Å². The van der Waals surface area contributed by atoms with Gasteiger partial charge in [-0.2, -0.15) is 0 Å². The summed E-state index contributed by atoms with van der Waals surface area (Å²) in [6.07, 6.45) is 0. The minimum atomic E-state index is -0.296. The van der Waals surface area contributed by atoms with Crippen molar-refractivity contribution in [1.82, 2.24) is 10.2 Å². The van der Waals surface area contributed by atoms with Crippen molar-refractivity contribution in [3.8, 4) is 0 Å². The molecule has 0 aliphatic carbocycles. The van der Waals surface area contributed by atoms with Gasteiger partial charge >= 0.3 is 0 Å². The van der Waals surface area contributed by atoms with Crippen LogP contribution in [0.1, 0.15) is 15.9 Å². The highest BCUT2D eigenvalue weighted by Gasteiger charge is 2.27. The molecule has 0 atom stereocenters. The van der Waals surface area contributed by atoms with Gasteiger partial charge < -0.3 is 15.1 Å². The van der Waals surface area contributed by atoms with Crippen LogP contribution < -0.4 is 10.2 Å². The average Bonchev–Trinajstić information content (AvgIpc) is 2.68. The third-order valence-corrected chi connectivity index (χ3v) is 5.71. The van der Waals surface area contributed by atoms with Crippen molar-refractivity contribution >= 4 is 46.8 Å². The van der Waals surface area contributed by atoms with Crippen molar-refractivity contribution in [3.05, 3.63) is 58.6 Å². The van der Waals surface area contributed by atoms with Gasteiger partial charge in [0.05, 0.1) is 11.4 Å². The van der Waals surface area contributed by atoms with Crippen LogP contribution in [0.3, 0.4) is 0 Å². The molecular formula is C20H20ClN3O3S. The van der Waals surface area contributed by atoms with Crippen LogP contribution in [0.25, 0.3) is 0 Å². The molecule has 1 aliphatic heterocycles. The van der Waals surface area contributed by atoms with Gasteiger partial charge in [-0.05, 0) is 29.8 Å². The second kappa shape index (κ2) is 8.67. The van der Waals surface area contributed by atoms with Gasteiger partial charge in [0.2, 0.25) is 11.8 Å². The number of halogens is 1. The van der Waals surface area contributed by atoms with Gasteiger partial charge in [-0.3, -0.25) is 14.4 Å². The van der Waals surface area contributed by atoms with Gasteiger partial charge in [-0.15, -0.1) is 11.8 Å². The fourth-order valence-corrected chi connectivity index (χ4v) is 3.92. The summed E-state index contributed by atoms with van der Waals surface area (Å²) in [6, 6.07) is 12.5. The Bertz CT molecular complexity index is 933. The zero-order chi connectivity index (χ0) is 20.3. The smallest absolute Gasteiger partial charge is 0.253 e. The van der Waals surface area contributed by atoms with Crippen LogP contribution in [0.4, 0.5) is 5.69 Å². The van der Waals surface area contributed by atoms with E-state index in [0.717, 1.165) is 10.5 Å². The summed E-state index contributed by atoms with van der Waals surface area (Å²) >= 11 is 7.51. The van der Waals surface area contributed by atoms with E-state index < -0.39 is 0 Å². The number of amides is 3. The lowest BCUT2D eigenvalue weighted by molar-refractivity contribution is -0.123. The molecule has 1 heterocycles. The number of benzene rings is 2. The van der Waals surface area contributed by atoms with Crippen molar-refractivity contribution in [2.45, 2.75) is 11.4 Å². The van der Waals surface area contributed by atoms with Crippen LogP contribution >= 0.6 is 23.4 Å². The number of fused-ring (bicyclic) bond motifs is 1. The Morgan fingerprint density at radius 1 is 1.21 bits per heavy atom. The molecule has 3 amide bonds. The first kappa shape index (κ1) is 20.2. The lowest BCUT2D eigenvalue weighted by atomic mass is 10.1.